The zero-order chi connectivity index (χ0) is 16.8. The van der Waals surface area contributed by atoms with E-state index >= 15 is 0 Å². The second kappa shape index (κ2) is 6.37. The highest BCUT2D eigenvalue weighted by molar-refractivity contribution is 7.99. The Balaban J connectivity index is 1.41. The Bertz CT molecular complexity index is 770. The summed E-state index contributed by atoms with van der Waals surface area (Å²) in [4.78, 5) is 6.96. The van der Waals surface area contributed by atoms with E-state index in [4.69, 9.17) is 0 Å². The molecule has 0 N–H and O–H groups in total. The number of hydrogen-bond donors (Lipinski definition) is 0. The van der Waals surface area contributed by atoms with Crippen LogP contribution in [0.1, 0.15) is 35.4 Å². The number of anilines is 1. The van der Waals surface area contributed by atoms with Crippen molar-refractivity contribution >= 4 is 17.4 Å². The quantitative estimate of drug-likeness (QED) is 0.777. The van der Waals surface area contributed by atoms with Crippen LogP contribution in [0.4, 0.5) is 5.69 Å². The summed E-state index contributed by atoms with van der Waals surface area (Å²) < 4.78 is 0. The third kappa shape index (κ3) is 2.78. The van der Waals surface area contributed by atoms with Crippen molar-refractivity contribution in [2.45, 2.75) is 43.2 Å². The number of para-hydroxylation sites is 1. The van der Waals surface area contributed by atoms with E-state index in [1.54, 1.807) is 11.3 Å². The third-order valence-electron chi connectivity index (χ3n) is 6.11. The first-order chi connectivity index (χ1) is 12.3. The van der Waals surface area contributed by atoms with Crippen molar-refractivity contribution in [2.24, 2.45) is 0 Å². The van der Waals surface area contributed by atoms with Crippen molar-refractivity contribution in [3.63, 3.8) is 0 Å². The minimum absolute atomic E-state index is 0.688. The molecule has 1 saturated heterocycles. The predicted octanol–water partition coefficient (Wildman–Crippen LogP) is 4.67. The molecule has 130 valence electrons. The van der Waals surface area contributed by atoms with E-state index in [2.05, 4.69) is 71.0 Å². The SMILES string of the molecule is Cc1ccc(CN2CC[C@@H]3[C@H](C2)c2cccc4c2N3CCCS4)cc1. The van der Waals surface area contributed by atoms with E-state index < -0.39 is 0 Å². The predicted molar refractivity (Wildman–Crippen MR) is 107 cm³/mol. The fourth-order valence-electron chi connectivity index (χ4n) is 4.90. The molecule has 3 heterocycles. The molecule has 0 radical (unpaired) electrons. The van der Waals surface area contributed by atoms with E-state index in [1.807, 2.05) is 0 Å². The summed E-state index contributed by atoms with van der Waals surface area (Å²) in [5.41, 5.74) is 5.99. The van der Waals surface area contributed by atoms with Crippen LogP contribution < -0.4 is 4.90 Å². The number of thioether (sulfide) groups is 1. The van der Waals surface area contributed by atoms with Crippen molar-refractivity contribution in [3.8, 4) is 0 Å². The molecule has 2 atom stereocenters. The molecule has 25 heavy (non-hydrogen) atoms. The number of hydrogen-bond acceptors (Lipinski definition) is 3. The molecule has 2 nitrogen and oxygen atoms in total. The van der Waals surface area contributed by atoms with E-state index in [-0.39, 0.29) is 0 Å². The van der Waals surface area contributed by atoms with E-state index in [0.29, 0.717) is 5.92 Å². The molecule has 2 aromatic rings. The number of rotatable bonds is 2. The number of piperidine rings is 1. The molecular weight excluding hydrogens is 324 g/mol. The molecule has 2 aromatic carbocycles. The number of nitrogens with zero attached hydrogens (tertiary/aromatic N) is 2. The van der Waals surface area contributed by atoms with Gasteiger partial charge in [-0.2, -0.15) is 0 Å². The molecule has 1 fully saturated rings. The van der Waals surface area contributed by atoms with E-state index in [0.717, 1.165) is 12.6 Å². The van der Waals surface area contributed by atoms with Crippen LogP contribution in [0.3, 0.4) is 0 Å². The van der Waals surface area contributed by atoms with E-state index in [9.17, 15) is 0 Å². The average molecular weight is 351 g/mol. The third-order valence-corrected chi connectivity index (χ3v) is 7.24. The van der Waals surface area contributed by atoms with Gasteiger partial charge in [-0.25, -0.2) is 0 Å². The van der Waals surface area contributed by atoms with Gasteiger partial charge in [0, 0.05) is 43.0 Å². The van der Waals surface area contributed by atoms with Crippen molar-refractivity contribution in [2.75, 3.05) is 30.3 Å². The second-order valence-corrected chi connectivity index (χ2v) is 8.91. The molecule has 0 aliphatic carbocycles. The first-order valence-electron chi connectivity index (χ1n) is 9.60. The maximum absolute atomic E-state index is 2.76. The maximum Gasteiger partial charge on any atom is 0.0543 e. The maximum atomic E-state index is 2.76. The summed E-state index contributed by atoms with van der Waals surface area (Å²) in [6.07, 6.45) is 2.62. The van der Waals surface area contributed by atoms with Gasteiger partial charge in [0.1, 0.15) is 0 Å². The fourth-order valence-corrected chi connectivity index (χ4v) is 5.94. The molecule has 3 heteroatoms. The molecule has 0 amide bonds. The Hall–Kier alpha value is -1.45. The van der Waals surface area contributed by atoms with Crippen LogP contribution >= 0.6 is 11.8 Å². The monoisotopic (exact) mass is 350 g/mol. The molecule has 0 bridgehead atoms. The fraction of sp³-hybridized carbons (Fsp3) is 0.455. The second-order valence-electron chi connectivity index (χ2n) is 7.77. The first-order valence-corrected chi connectivity index (χ1v) is 10.6. The lowest BCUT2D eigenvalue weighted by atomic mass is 9.89. The molecule has 0 aromatic heterocycles. The number of fused-ring (bicyclic) bond motifs is 3. The molecular formula is C22H26N2S. The topological polar surface area (TPSA) is 6.48 Å². The minimum Gasteiger partial charge on any atom is -0.367 e. The van der Waals surface area contributed by atoms with Crippen molar-refractivity contribution in [3.05, 3.63) is 59.2 Å². The van der Waals surface area contributed by atoms with Crippen LogP contribution in [-0.4, -0.2) is 36.3 Å². The van der Waals surface area contributed by atoms with Crippen LogP contribution in [-0.2, 0) is 6.54 Å². The normalized spacial score (nSPS) is 25.4. The Kier molecular flexibility index (Phi) is 4.02. The summed E-state index contributed by atoms with van der Waals surface area (Å²) in [5, 5.41) is 0. The van der Waals surface area contributed by atoms with Crippen LogP contribution in [0.2, 0.25) is 0 Å². The van der Waals surface area contributed by atoms with Crippen molar-refractivity contribution in [1.29, 1.82) is 0 Å². The lowest BCUT2D eigenvalue weighted by Crippen LogP contribution is -2.46. The summed E-state index contributed by atoms with van der Waals surface area (Å²) in [5.74, 6) is 1.96. The van der Waals surface area contributed by atoms with Crippen LogP contribution in [0.5, 0.6) is 0 Å². The van der Waals surface area contributed by atoms with Gasteiger partial charge in [0.25, 0.3) is 0 Å². The van der Waals surface area contributed by atoms with E-state index in [1.165, 1.54) is 54.3 Å². The highest BCUT2D eigenvalue weighted by atomic mass is 32.2. The summed E-state index contributed by atoms with van der Waals surface area (Å²) in [6, 6.07) is 16.8. The van der Waals surface area contributed by atoms with Crippen molar-refractivity contribution < 1.29 is 0 Å². The Morgan fingerprint density at radius 1 is 1.08 bits per heavy atom. The standard InChI is InChI=1S/C22H26N2S/c1-16-6-8-17(9-7-16)14-23-12-10-20-19(15-23)18-4-2-5-21-22(18)24(20)11-3-13-25-21/h2,4-9,19-20H,3,10-15H2,1H3/t19-,20-/m1/s1. The van der Waals surface area contributed by atoms with Gasteiger partial charge in [-0.05, 0) is 42.7 Å². The number of benzene rings is 2. The molecule has 0 saturated carbocycles. The molecule has 3 aliphatic rings. The van der Waals surface area contributed by atoms with Gasteiger partial charge < -0.3 is 4.90 Å². The Labute approximate surface area is 155 Å². The lowest BCUT2D eigenvalue weighted by molar-refractivity contribution is 0.186. The Morgan fingerprint density at radius 3 is 2.84 bits per heavy atom. The first kappa shape index (κ1) is 15.8. The number of aryl methyl sites for hydroxylation is 1. The molecule has 3 aliphatic heterocycles. The zero-order valence-electron chi connectivity index (χ0n) is 14.9. The minimum atomic E-state index is 0.688. The van der Waals surface area contributed by atoms with Gasteiger partial charge in [-0.1, -0.05) is 42.0 Å². The van der Waals surface area contributed by atoms with Gasteiger partial charge in [-0.15, -0.1) is 11.8 Å². The highest BCUT2D eigenvalue weighted by Gasteiger charge is 2.43. The van der Waals surface area contributed by atoms with Crippen LogP contribution in [0.25, 0.3) is 0 Å². The van der Waals surface area contributed by atoms with Gasteiger partial charge in [0.2, 0.25) is 0 Å². The smallest absolute Gasteiger partial charge is 0.0543 e. The summed E-state index contributed by atoms with van der Waals surface area (Å²) >= 11 is 2.06. The van der Waals surface area contributed by atoms with Gasteiger partial charge in [-0.3, -0.25) is 4.90 Å². The van der Waals surface area contributed by atoms with Crippen LogP contribution in [0, 0.1) is 6.92 Å². The largest absolute Gasteiger partial charge is 0.367 e. The molecule has 5 rings (SSSR count). The van der Waals surface area contributed by atoms with Crippen LogP contribution in [0.15, 0.2) is 47.4 Å². The van der Waals surface area contributed by atoms with Gasteiger partial charge in [0.15, 0.2) is 0 Å². The molecule has 0 unspecified atom stereocenters. The zero-order valence-corrected chi connectivity index (χ0v) is 15.8. The van der Waals surface area contributed by atoms with Gasteiger partial charge in [0.05, 0.1) is 5.69 Å². The average Bonchev–Trinajstić information content (AvgIpc) is 2.79. The molecule has 0 spiro atoms. The number of likely N-dealkylation sites (tertiary alicyclic amines) is 1. The summed E-state index contributed by atoms with van der Waals surface area (Å²) in [7, 11) is 0. The van der Waals surface area contributed by atoms with Crippen molar-refractivity contribution in [1.82, 2.24) is 4.90 Å². The lowest BCUT2D eigenvalue weighted by Gasteiger charge is -2.39. The summed E-state index contributed by atoms with van der Waals surface area (Å²) in [6.45, 7) is 6.93. The van der Waals surface area contributed by atoms with Gasteiger partial charge >= 0.3 is 0 Å². The Morgan fingerprint density at radius 2 is 1.96 bits per heavy atom. The highest BCUT2D eigenvalue weighted by Crippen LogP contribution is 2.50.